The quantitative estimate of drug-likeness (QED) is 0.400. The number of carbonyl (C=O) groups excluding carboxylic acids is 1. The molecular formula is C23H16F3N7O2. The van der Waals surface area contributed by atoms with Gasteiger partial charge in [-0.2, -0.15) is 10.2 Å². The van der Waals surface area contributed by atoms with Gasteiger partial charge in [0.05, 0.1) is 5.69 Å². The molecule has 0 aliphatic rings. The molecule has 0 atom stereocenters. The number of hydrogen-bond acceptors (Lipinski definition) is 6. The summed E-state index contributed by atoms with van der Waals surface area (Å²) in [4.78, 5) is 21.6. The van der Waals surface area contributed by atoms with Gasteiger partial charge in [0.25, 0.3) is 5.91 Å². The Labute approximate surface area is 195 Å². The van der Waals surface area contributed by atoms with Gasteiger partial charge in [0.15, 0.2) is 17.2 Å². The van der Waals surface area contributed by atoms with Crippen molar-refractivity contribution in [1.29, 1.82) is 0 Å². The maximum Gasteiger partial charge on any atom is 0.573 e. The second-order valence-electron chi connectivity index (χ2n) is 7.47. The Kier molecular flexibility index (Phi) is 5.40. The Balaban J connectivity index is 1.52. The van der Waals surface area contributed by atoms with E-state index in [1.54, 1.807) is 28.9 Å². The molecule has 0 saturated heterocycles. The minimum absolute atomic E-state index is 0.0316. The largest absolute Gasteiger partial charge is 0.573 e. The predicted molar refractivity (Wildman–Crippen MR) is 119 cm³/mol. The van der Waals surface area contributed by atoms with E-state index in [2.05, 4.69) is 30.2 Å². The summed E-state index contributed by atoms with van der Waals surface area (Å²) in [7, 11) is 0. The van der Waals surface area contributed by atoms with E-state index in [9.17, 15) is 18.0 Å². The molecule has 5 aromatic rings. The number of nitrogens with one attached hydrogen (secondary N) is 1. The lowest BCUT2D eigenvalue weighted by Crippen LogP contribution is -2.17. The number of anilines is 1. The van der Waals surface area contributed by atoms with Gasteiger partial charge >= 0.3 is 6.36 Å². The number of halogens is 3. The number of aryl methyl sites for hydroxylation is 1. The molecule has 0 spiro atoms. The lowest BCUT2D eigenvalue weighted by atomic mass is 10.2. The number of pyridine rings is 2. The highest BCUT2D eigenvalue weighted by Crippen LogP contribution is 2.27. The molecule has 9 nitrogen and oxygen atoms in total. The molecule has 1 amide bonds. The van der Waals surface area contributed by atoms with Gasteiger partial charge in [0.1, 0.15) is 12.1 Å². The van der Waals surface area contributed by atoms with Gasteiger partial charge in [-0.1, -0.05) is 12.1 Å². The van der Waals surface area contributed by atoms with Crippen molar-refractivity contribution in [3.63, 3.8) is 0 Å². The molecule has 4 aromatic heterocycles. The smallest absolute Gasteiger partial charge is 0.406 e. The summed E-state index contributed by atoms with van der Waals surface area (Å²) < 4.78 is 44.6. The topological polar surface area (TPSA) is 99.2 Å². The monoisotopic (exact) mass is 479 g/mol. The summed E-state index contributed by atoms with van der Waals surface area (Å²) in [5.74, 6) is -0.589. The van der Waals surface area contributed by atoms with Crippen LogP contribution >= 0.6 is 0 Å². The van der Waals surface area contributed by atoms with Gasteiger partial charge in [0, 0.05) is 29.2 Å². The summed E-state index contributed by atoms with van der Waals surface area (Å²) in [5, 5.41) is 11.1. The van der Waals surface area contributed by atoms with Gasteiger partial charge in [-0.25, -0.2) is 19.2 Å². The van der Waals surface area contributed by atoms with Crippen molar-refractivity contribution in [3.05, 3.63) is 84.6 Å². The number of alkyl halides is 3. The molecule has 35 heavy (non-hydrogen) atoms. The first-order chi connectivity index (χ1) is 16.7. The average molecular weight is 479 g/mol. The molecule has 0 aliphatic heterocycles. The zero-order valence-corrected chi connectivity index (χ0v) is 18.1. The Bertz CT molecular complexity index is 1540. The third-order valence-electron chi connectivity index (χ3n) is 4.93. The predicted octanol–water partition coefficient (Wildman–Crippen LogP) is 4.44. The summed E-state index contributed by atoms with van der Waals surface area (Å²) in [6, 6.07) is 15.5. The molecule has 0 saturated carbocycles. The summed E-state index contributed by atoms with van der Waals surface area (Å²) >= 11 is 0. The fourth-order valence-corrected chi connectivity index (χ4v) is 3.45. The van der Waals surface area contributed by atoms with Gasteiger partial charge in [-0.3, -0.25) is 4.79 Å². The molecule has 5 rings (SSSR count). The minimum Gasteiger partial charge on any atom is -0.406 e. The van der Waals surface area contributed by atoms with Crippen LogP contribution in [0.5, 0.6) is 5.75 Å². The highest BCUT2D eigenvalue weighted by atomic mass is 19.4. The molecular weight excluding hydrogens is 463 g/mol. The van der Waals surface area contributed by atoms with E-state index in [-0.39, 0.29) is 11.4 Å². The molecule has 0 unspecified atom stereocenters. The fourth-order valence-electron chi connectivity index (χ4n) is 3.45. The van der Waals surface area contributed by atoms with Crippen LogP contribution in [0.4, 0.5) is 18.9 Å². The molecule has 0 aliphatic carbocycles. The lowest BCUT2D eigenvalue weighted by molar-refractivity contribution is -0.274. The number of nitrogens with zero attached hydrogens (tertiary/aromatic N) is 6. The Morgan fingerprint density at radius 3 is 2.69 bits per heavy atom. The van der Waals surface area contributed by atoms with Crippen molar-refractivity contribution >= 4 is 17.2 Å². The lowest BCUT2D eigenvalue weighted by Gasteiger charge is -2.10. The van der Waals surface area contributed by atoms with E-state index in [1.165, 1.54) is 23.1 Å². The fraction of sp³-hybridized carbons (Fsp3) is 0.0870. The normalized spacial score (nSPS) is 11.5. The molecule has 0 bridgehead atoms. The van der Waals surface area contributed by atoms with E-state index >= 15 is 0 Å². The van der Waals surface area contributed by atoms with Crippen LogP contribution in [0.15, 0.2) is 73.2 Å². The average Bonchev–Trinajstić information content (AvgIpc) is 3.45. The molecule has 176 valence electrons. The van der Waals surface area contributed by atoms with E-state index in [0.717, 1.165) is 17.8 Å². The summed E-state index contributed by atoms with van der Waals surface area (Å²) in [5.41, 5.74) is 2.79. The van der Waals surface area contributed by atoms with Crippen LogP contribution in [0.25, 0.3) is 22.7 Å². The SMILES string of the molecule is Cc1cccc(-n2nc(C(=O)Nc3cccc(OC(F)(F)F)c3)cc2-c2ccc3ncnn3c2)n1. The van der Waals surface area contributed by atoms with Gasteiger partial charge in [-0.15, -0.1) is 13.2 Å². The highest BCUT2D eigenvalue weighted by molar-refractivity contribution is 6.03. The van der Waals surface area contributed by atoms with Crippen LogP contribution in [-0.2, 0) is 0 Å². The van der Waals surface area contributed by atoms with Crippen molar-refractivity contribution in [2.75, 3.05) is 5.32 Å². The van der Waals surface area contributed by atoms with Crippen LogP contribution < -0.4 is 10.1 Å². The van der Waals surface area contributed by atoms with Gasteiger partial charge in [0.2, 0.25) is 0 Å². The van der Waals surface area contributed by atoms with Crippen LogP contribution in [0.2, 0.25) is 0 Å². The number of aromatic nitrogens is 6. The van der Waals surface area contributed by atoms with Gasteiger partial charge in [-0.05, 0) is 49.4 Å². The number of hydrogen-bond donors (Lipinski definition) is 1. The number of ether oxygens (including phenoxy) is 1. The number of amides is 1. The molecule has 12 heteroatoms. The molecule has 1 aromatic carbocycles. The Morgan fingerprint density at radius 1 is 1.06 bits per heavy atom. The van der Waals surface area contributed by atoms with E-state index < -0.39 is 18.0 Å². The Morgan fingerprint density at radius 2 is 1.89 bits per heavy atom. The maximum absolute atomic E-state index is 13.0. The minimum atomic E-state index is -4.84. The molecule has 0 fully saturated rings. The van der Waals surface area contributed by atoms with Crippen molar-refractivity contribution < 1.29 is 22.7 Å². The summed E-state index contributed by atoms with van der Waals surface area (Å²) in [6.07, 6.45) is -1.68. The van der Waals surface area contributed by atoms with Gasteiger partial charge < -0.3 is 10.1 Å². The van der Waals surface area contributed by atoms with Crippen LogP contribution in [0.1, 0.15) is 16.2 Å². The first-order valence-electron chi connectivity index (χ1n) is 10.3. The maximum atomic E-state index is 13.0. The van der Waals surface area contributed by atoms with E-state index in [0.29, 0.717) is 22.7 Å². The second-order valence-corrected chi connectivity index (χ2v) is 7.47. The third kappa shape index (κ3) is 4.81. The molecule has 0 radical (unpaired) electrons. The van der Waals surface area contributed by atoms with E-state index in [4.69, 9.17) is 0 Å². The van der Waals surface area contributed by atoms with Crippen LogP contribution in [-0.4, -0.2) is 41.6 Å². The zero-order valence-electron chi connectivity index (χ0n) is 18.1. The Hall–Kier alpha value is -4.74. The standard InChI is InChI=1S/C23H16F3N7O2/c1-14-4-2-7-21(29-14)33-19(15-8-9-20-27-13-28-32(20)12-15)11-18(31-33)22(34)30-16-5-3-6-17(10-16)35-23(24,25)26/h2-13H,1H3,(H,30,34). The third-order valence-corrected chi connectivity index (χ3v) is 4.93. The second kappa shape index (κ2) is 8.56. The van der Waals surface area contributed by atoms with Crippen molar-refractivity contribution in [2.24, 2.45) is 0 Å². The van der Waals surface area contributed by atoms with Crippen LogP contribution in [0, 0.1) is 6.92 Å². The summed E-state index contributed by atoms with van der Waals surface area (Å²) in [6.45, 7) is 1.83. The number of fused-ring (bicyclic) bond motifs is 1. The van der Waals surface area contributed by atoms with Crippen molar-refractivity contribution in [2.45, 2.75) is 13.3 Å². The first kappa shape index (κ1) is 22.1. The number of benzene rings is 1. The first-order valence-corrected chi connectivity index (χ1v) is 10.3. The van der Waals surface area contributed by atoms with E-state index in [1.807, 2.05) is 25.1 Å². The molecule has 4 heterocycles. The van der Waals surface area contributed by atoms with Crippen LogP contribution in [0.3, 0.4) is 0 Å². The highest BCUT2D eigenvalue weighted by Gasteiger charge is 2.31. The van der Waals surface area contributed by atoms with Crippen molar-refractivity contribution in [3.8, 4) is 22.8 Å². The number of rotatable bonds is 5. The number of carbonyl (C=O) groups is 1. The van der Waals surface area contributed by atoms with Crippen molar-refractivity contribution in [1.82, 2.24) is 29.4 Å². The molecule has 1 N–H and O–H groups in total. The zero-order chi connectivity index (χ0) is 24.6.